The molecule has 0 unspecified atom stereocenters. The molecule has 0 saturated heterocycles. The Morgan fingerprint density at radius 2 is 1.29 bits per heavy atom. The molecule has 140 valence electrons. The van der Waals surface area contributed by atoms with Gasteiger partial charge in [0.15, 0.2) is 0 Å². The van der Waals surface area contributed by atoms with Gasteiger partial charge in [-0.15, -0.1) is 0 Å². The second kappa shape index (κ2) is 8.13. The quantitative estimate of drug-likeness (QED) is 0.509. The number of carbonyl (C=O) groups is 2. The molecule has 0 aliphatic heterocycles. The lowest BCUT2D eigenvalue weighted by molar-refractivity contribution is -0.384. The van der Waals surface area contributed by atoms with E-state index in [2.05, 4.69) is 10.6 Å². The van der Waals surface area contributed by atoms with Crippen LogP contribution < -0.4 is 10.6 Å². The van der Waals surface area contributed by atoms with Gasteiger partial charge in [-0.2, -0.15) is 0 Å². The number of amides is 2. The predicted molar refractivity (Wildman–Crippen MR) is 107 cm³/mol. The SMILES string of the molecule is Cc1cccc(C(=O)Nc2ccc(NC(=O)c3cccc([N+](=O)[O-])c3)cc2)c1. The Hall–Kier alpha value is -4.00. The molecule has 0 spiro atoms. The van der Waals surface area contributed by atoms with Crippen molar-refractivity contribution in [1.82, 2.24) is 0 Å². The molecule has 0 aliphatic carbocycles. The fraction of sp³-hybridized carbons (Fsp3) is 0.0476. The third-order valence-electron chi connectivity index (χ3n) is 4.00. The summed E-state index contributed by atoms with van der Waals surface area (Å²) in [5, 5.41) is 16.3. The van der Waals surface area contributed by atoms with Gasteiger partial charge in [-0.1, -0.05) is 23.8 Å². The van der Waals surface area contributed by atoms with Gasteiger partial charge in [-0.05, 0) is 49.4 Å². The van der Waals surface area contributed by atoms with Gasteiger partial charge < -0.3 is 10.6 Å². The average Bonchev–Trinajstić information content (AvgIpc) is 2.69. The summed E-state index contributed by atoms with van der Waals surface area (Å²) in [6.45, 7) is 1.91. The first-order valence-electron chi connectivity index (χ1n) is 8.46. The zero-order valence-electron chi connectivity index (χ0n) is 15.0. The van der Waals surface area contributed by atoms with E-state index in [0.29, 0.717) is 16.9 Å². The lowest BCUT2D eigenvalue weighted by atomic mass is 10.1. The first-order valence-corrected chi connectivity index (χ1v) is 8.46. The van der Waals surface area contributed by atoms with Crippen LogP contribution in [0.1, 0.15) is 26.3 Å². The molecule has 0 bridgehead atoms. The number of nitro benzene ring substituents is 1. The molecule has 0 aromatic heterocycles. The zero-order chi connectivity index (χ0) is 20.1. The maximum absolute atomic E-state index is 12.3. The summed E-state index contributed by atoms with van der Waals surface area (Å²) in [6, 6.07) is 19.4. The average molecular weight is 375 g/mol. The van der Waals surface area contributed by atoms with Gasteiger partial charge >= 0.3 is 0 Å². The van der Waals surface area contributed by atoms with E-state index in [4.69, 9.17) is 0 Å². The van der Waals surface area contributed by atoms with Crippen molar-refractivity contribution < 1.29 is 14.5 Å². The maximum atomic E-state index is 12.3. The molecule has 0 aliphatic rings. The second-order valence-electron chi connectivity index (χ2n) is 6.16. The minimum atomic E-state index is -0.553. The minimum Gasteiger partial charge on any atom is -0.322 e. The van der Waals surface area contributed by atoms with Crippen LogP contribution in [0.25, 0.3) is 0 Å². The zero-order valence-corrected chi connectivity index (χ0v) is 15.0. The van der Waals surface area contributed by atoms with Crippen LogP contribution in [0.4, 0.5) is 17.1 Å². The molecule has 0 saturated carbocycles. The van der Waals surface area contributed by atoms with Crippen molar-refractivity contribution in [3.05, 3.63) is 99.6 Å². The number of nitrogens with zero attached hydrogens (tertiary/aromatic N) is 1. The highest BCUT2D eigenvalue weighted by atomic mass is 16.6. The molecular weight excluding hydrogens is 358 g/mol. The largest absolute Gasteiger partial charge is 0.322 e. The summed E-state index contributed by atoms with van der Waals surface area (Å²) in [7, 11) is 0. The highest BCUT2D eigenvalue weighted by Gasteiger charge is 2.12. The van der Waals surface area contributed by atoms with E-state index >= 15 is 0 Å². The van der Waals surface area contributed by atoms with Crippen molar-refractivity contribution in [2.24, 2.45) is 0 Å². The molecule has 0 radical (unpaired) electrons. The van der Waals surface area contributed by atoms with Crippen molar-refractivity contribution in [2.45, 2.75) is 6.92 Å². The molecule has 3 aromatic rings. The third-order valence-corrected chi connectivity index (χ3v) is 4.00. The standard InChI is InChI=1S/C21H17N3O4/c1-14-4-2-5-15(12-14)20(25)22-17-8-10-18(11-9-17)23-21(26)16-6-3-7-19(13-16)24(27)28/h2-13H,1H3,(H,22,25)(H,23,26). The number of carbonyl (C=O) groups excluding carboxylic acids is 2. The van der Waals surface area contributed by atoms with Gasteiger partial charge in [0.25, 0.3) is 17.5 Å². The Kier molecular flexibility index (Phi) is 5.45. The molecule has 0 heterocycles. The first-order chi connectivity index (χ1) is 13.4. The molecule has 7 nitrogen and oxygen atoms in total. The lowest BCUT2D eigenvalue weighted by Crippen LogP contribution is -2.13. The van der Waals surface area contributed by atoms with E-state index in [-0.39, 0.29) is 17.2 Å². The van der Waals surface area contributed by atoms with Crippen LogP contribution in [0, 0.1) is 17.0 Å². The van der Waals surface area contributed by atoms with Crippen LogP contribution >= 0.6 is 0 Å². The Bertz CT molecular complexity index is 1050. The molecule has 7 heteroatoms. The number of anilines is 2. The van der Waals surface area contributed by atoms with Crippen molar-refractivity contribution in [3.8, 4) is 0 Å². The minimum absolute atomic E-state index is 0.151. The molecule has 0 fully saturated rings. The van der Waals surface area contributed by atoms with Gasteiger partial charge in [0.1, 0.15) is 0 Å². The van der Waals surface area contributed by atoms with Gasteiger partial charge in [0, 0.05) is 34.6 Å². The summed E-state index contributed by atoms with van der Waals surface area (Å²) >= 11 is 0. The molecule has 28 heavy (non-hydrogen) atoms. The van der Waals surface area contributed by atoms with Crippen LogP contribution in [-0.2, 0) is 0 Å². The van der Waals surface area contributed by atoms with Gasteiger partial charge in [-0.3, -0.25) is 19.7 Å². The second-order valence-corrected chi connectivity index (χ2v) is 6.16. The Balaban J connectivity index is 1.66. The van der Waals surface area contributed by atoms with E-state index in [9.17, 15) is 19.7 Å². The first kappa shape index (κ1) is 18.8. The normalized spacial score (nSPS) is 10.2. The van der Waals surface area contributed by atoms with Crippen LogP contribution in [0.15, 0.2) is 72.8 Å². The number of hydrogen-bond acceptors (Lipinski definition) is 4. The van der Waals surface area contributed by atoms with E-state index in [1.807, 2.05) is 19.1 Å². The Morgan fingerprint density at radius 1 is 0.786 bits per heavy atom. The van der Waals surface area contributed by atoms with E-state index < -0.39 is 10.8 Å². The fourth-order valence-electron chi connectivity index (χ4n) is 2.59. The predicted octanol–water partition coefficient (Wildman–Crippen LogP) is 4.41. The molecule has 2 amide bonds. The number of rotatable bonds is 5. The van der Waals surface area contributed by atoms with Crippen molar-refractivity contribution in [3.63, 3.8) is 0 Å². The van der Waals surface area contributed by atoms with Crippen LogP contribution in [-0.4, -0.2) is 16.7 Å². The number of nitro groups is 1. The van der Waals surface area contributed by atoms with E-state index in [1.165, 1.54) is 24.3 Å². The van der Waals surface area contributed by atoms with Gasteiger partial charge in [-0.25, -0.2) is 0 Å². The summed E-state index contributed by atoms with van der Waals surface area (Å²) in [4.78, 5) is 34.8. The lowest BCUT2D eigenvalue weighted by Gasteiger charge is -2.08. The Morgan fingerprint density at radius 3 is 1.79 bits per heavy atom. The number of nitrogens with one attached hydrogen (secondary N) is 2. The number of hydrogen-bond donors (Lipinski definition) is 2. The Labute approximate surface area is 161 Å². The summed E-state index contributed by atoms with van der Waals surface area (Å²) in [5.74, 6) is -0.683. The highest BCUT2D eigenvalue weighted by Crippen LogP contribution is 2.18. The van der Waals surface area contributed by atoms with Gasteiger partial charge in [0.05, 0.1) is 4.92 Å². The summed E-state index contributed by atoms with van der Waals surface area (Å²) in [6.07, 6.45) is 0. The molecule has 2 N–H and O–H groups in total. The monoisotopic (exact) mass is 375 g/mol. The van der Waals surface area contributed by atoms with Crippen molar-refractivity contribution in [1.29, 1.82) is 0 Å². The molecule has 0 atom stereocenters. The molecular formula is C21H17N3O4. The number of aryl methyl sites for hydroxylation is 1. The molecule has 3 aromatic carbocycles. The van der Waals surface area contributed by atoms with Crippen LogP contribution in [0.2, 0.25) is 0 Å². The van der Waals surface area contributed by atoms with E-state index in [0.717, 1.165) is 5.56 Å². The maximum Gasteiger partial charge on any atom is 0.270 e. The smallest absolute Gasteiger partial charge is 0.270 e. The van der Waals surface area contributed by atoms with Crippen molar-refractivity contribution >= 4 is 28.9 Å². The fourth-order valence-corrected chi connectivity index (χ4v) is 2.59. The number of non-ortho nitro benzene ring substituents is 1. The van der Waals surface area contributed by atoms with Crippen LogP contribution in [0.5, 0.6) is 0 Å². The highest BCUT2D eigenvalue weighted by molar-refractivity contribution is 6.06. The molecule has 3 rings (SSSR count). The van der Waals surface area contributed by atoms with E-state index in [1.54, 1.807) is 36.4 Å². The third kappa shape index (κ3) is 4.59. The number of benzene rings is 3. The van der Waals surface area contributed by atoms with Gasteiger partial charge in [0.2, 0.25) is 0 Å². The summed E-state index contributed by atoms with van der Waals surface area (Å²) in [5.41, 5.74) is 2.67. The topological polar surface area (TPSA) is 101 Å². The van der Waals surface area contributed by atoms with Crippen molar-refractivity contribution in [2.75, 3.05) is 10.6 Å². The van der Waals surface area contributed by atoms with Crippen LogP contribution in [0.3, 0.4) is 0 Å². The summed E-state index contributed by atoms with van der Waals surface area (Å²) < 4.78 is 0.